The first-order chi connectivity index (χ1) is 11.2. The molecule has 118 valence electrons. The van der Waals surface area contributed by atoms with Crippen LogP contribution in [0.1, 0.15) is 10.6 Å². The number of carbonyl (C=O) groups excluding carboxylic acids is 1. The quantitative estimate of drug-likeness (QED) is 0.700. The summed E-state index contributed by atoms with van der Waals surface area (Å²) < 4.78 is 6.92. The van der Waals surface area contributed by atoms with Gasteiger partial charge in [0.1, 0.15) is 12.1 Å². The van der Waals surface area contributed by atoms with Crippen LogP contribution in [0.25, 0.3) is 11.0 Å². The van der Waals surface area contributed by atoms with Crippen LogP contribution in [-0.2, 0) is 7.05 Å². The van der Waals surface area contributed by atoms with Crippen molar-refractivity contribution in [3.8, 4) is 0 Å². The number of hydrogen-bond acceptors (Lipinski definition) is 6. The summed E-state index contributed by atoms with van der Waals surface area (Å²) >= 11 is 0. The summed E-state index contributed by atoms with van der Waals surface area (Å²) in [6.07, 6.45) is 4.86. The van der Waals surface area contributed by atoms with Gasteiger partial charge >= 0.3 is 0 Å². The Hall–Kier alpha value is -2.90. The zero-order valence-electron chi connectivity index (χ0n) is 12.7. The number of nitrogens with zero attached hydrogens (tertiary/aromatic N) is 6. The van der Waals surface area contributed by atoms with Crippen LogP contribution in [-0.4, -0.2) is 56.7 Å². The van der Waals surface area contributed by atoms with Gasteiger partial charge in [-0.25, -0.2) is 9.97 Å². The fraction of sp³-hybridized carbons (Fsp3) is 0.333. The summed E-state index contributed by atoms with van der Waals surface area (Å²) in [5.74, 6) is 1.19. The third-order valence-electron chi connectivity index (χ3n) is 4.11. The lowest BCUT2D eigenvalue weighted by molar-refractivity contribution is 0.0714. The molecule has 3 aromatic heterocycles. The third kappa shape index (κ3) is 2.32. The number of amides is 1. The molecule has 1 aliphatic rings. The molecule has 0 unspecified atom stereocenters. The molecule has 0 bridgehead atoms. The SMILES string of the molecule is Cn1ncc2c(N3CCN(C(=O)c4ccco4)CC3)ncnc21. The molecule has 8 heteroatoms. The van der Waals surface area contributed by atoms with Crippen LogP contribution < -0.4 is 4.90 Å². The van der Waals surface area contributed by atoms with E-state index in [1.165, 1.54) is 6.26 Å². The first kappa shape index (κ1) is 13.7. The van der Waals surface area contributed by atoms with Crippen LogP contribution in [0, 0.1) is 0 Å². The molecule has 23 heavy (non-hydrogen) atoms. The van der Waals surface area contributed by atoms with Crippen molar-refractivity contribution >= 4 is 22.8 Å². The molecule has 1 amide bonds. The highest BCUT2D eigenvalue weighted by atomic mass is 16.3. The summed E-state index contributed by atoms with van der Waals surface area (Å²) in [5, 5.41) is 5.17. The van der Waals surface area contributed by atoms with Crippen LogP contribution in [0.2, 0.25) is 0 Å². The van der Waals surface area contributed by atoms with E-state index in [1.807, 2.05) is 7.05 Å². The highest BCUT2D eigenvalue weighted by Gasteiger charge is 2.25. The minimum atomic E-state index is -0.0659. The van der Waals surface area contributed by atoms with E-state index in [-0.39, 0.29) is 5.91 Å². The average Bonchev–Trinajstić information content (AvgIpc) is 3.25. The molecule has 4 heterocycles. The van der Waals surface area contributed by atoms with Gasteiger partial charge in [-0.15, -0.1) is 0 Å². The van der Waals surface area contributed by atoms with Gasteiger partial charge in [0.05, 0.1) is 17.8 Å². The van der Waals surface area contributed by atoms with Gasteiger partial charge in [-0.1, -0.05) is 0 Å². The van der Waals surface area contributed by atoms with Gasteiger partial charge in [-0.05, 0) is 12.1 Å². The van der Waals surface area contributed by atoms with Gasteiger partial charge in [0.15, 0.2) is 11.4 Å². The van der Waals surface area contributed by atoms with Gasteiger partial charge in [-0.3, -0.25) is 9.48 Å². The standard InChI is InChI=1S/C15H16N6O2/c1-19-13-11(9-18-19)14(17-10-16-13)20-4-6-21(7-5-20)15(22)12-3-2-8-23-12/h2-3,8-10H,4-7H2,1H3. The zero-order valence-corrected chi connectivity index (χ0v) is 12.7. The Morgan fingerprint density at radius 2 is 2.04 bits per heavy atom. The van der Waals surface area contributed by atoms with E-state index in [1.54, 1.807) is 34.2 Å². The van der Waals surface area contributed by atoms with Crippen LogP contribution in [0.3, 0.4) is 0 Å². The molecule has 1 saturated heterocycles. The number of aromatic nitrogens is 4. The number of hydrogen-bond donors (Lipinski definition) is 0. The van der Waals surface area contributed by atoms with Crippen molar-refractivity contribution in [1.82, 2.24) is 24.6 Å². The molecule has 1 aliphatic heterocycles. The van der Waals surface area contributed by atoms with E-state index in [0.29, 0.717) is 31.9 Å². The maximum Gasteiger partial charge on any atom is 0.289 e. The minimum absolute atomic E-state index is 0.0659. The maximum atomic E-state index is 12.3. The number of aryl methyl sites for hydroxylation is 1. The molecule has 0 aromatic carbocycles. The molecule has 0 radical (unpaired) electrons. The van der Waals surface area contributed by atoms with Gasteiger partial charge in [-0.2, -0.15) is 5.10 Å². The number of piperazine rings is 1. The van der Waals surface area contributed by atoms with Gasteiger partial charge in [0.25, 0.3) is 5.91 Å². The zero-order chi connectivity index (χ0) is 15.8. The fourth-order valence-corrected chi connectivity index (χ4v) is 2.88. The lowest BCUT2D eigenvalue weighted by Crippen LogP contribution is -2.49. The Bertz CT molecular complexity index is 833. The first-order valence-corrected chi connectivity index (χ1v) is 7.44. The topological polar surface area (TPSA) is 80.3 Å². The first-order valence-electron chi connectivity index (χ1n) is 7.44. The van der Waals surface area contributed by atoms with E-state index in [2.05, 4.69) is 20.0 Å². The molecular formula is C15H16N6O2. The van der Waals surface area contributed by atoms with Crippen molar-refractivity contribution < 1.29 is 9.21 Å². The van der Waals surface area contributed by atoms with Gasteiger partial charge < -0.3 is 14.2 Å². The number of anilines is 1. The normalized spacial score (nSPS) is 15.3. The van der Waals surface area contributed by atoms with E-state index < -0.39 is 0 Å². The van der Waals surface area contributed by atoms with Crippen molar-refractivity contribution in [2.75, 3.05) is 31.1 Å². The molecule has 0 spiro atoms. The second kappa shape index (κ2) is 5.38. The Morgan fingerprint density at radius 1 is 1.22 bits per heavy atom. The second-order valence-electron chi connectivity index (χ2n) is 5.46. The highest BCUT2D eigenvalue weighted by molar-refractivity contribution is 5.92. The Morgan fingerprint density at radius 3 is 2.78 bits per heavy atom. The monoisotopic (exact) mass is 312 g/mol. The maximum absolute atomic E-state index is 12.3. The van der Waals surface area contributed by atoms with Crippen LogP contribution in [0.15, 0.2) is 35.3 Å². The van der Waals surface area contributed by atoms with E-state index in [0.717, 1.165) is 16.9 Å². The lowest BCUT2D eigenvalue weighted by atomic mass is 10.2. The molecule has 3 aromatic rings. The Labute approximate surface area is 132 Å². The van der Waals surface area contributed by atoms with Crippen molar-refractivity contribution in [3.05, 3.63) is 36.7 Å². The molecule has 1 fully saturated rings. The minimum Gasteiger partial charge on any atom is -0.459 e. The highest BCUT2D eigenvalue weighted by Crippen LogP contribution is 2.23. The Balaban J connectivity index is 1.52. The summed E-state index contributed by atoms with van der Waals surface area (Å²) in [4.78, 5) is 24.9. The summed E-state index contributed by atoms with van der Waals surface area (Å²) in [6, 6.07) is 3.42. The predicted molar refractivity (Wildman–Crippen MR) is 83.1 cm³/mol. The van der Waals surface area contributed by atoms with E-state index >= 15 is 0 Å². The van der Waals surface area contributed by atoms with Crippen molar-refractivity contribution in [2.24, 2.45) is 7.05 Å². The molecule has 0 N–H and O–H groups in total. The van der Waals surface area contributed by atoms with E-state index in [9.17, 15) is 4.79 Å². The van der Waals surface area contributed by atoms with Crippen LogP contribution >= 0.6 is 0 Å². The van der Waals surface area contributed by atoms with Crippen molar-refractivity contribution in [1.29, 1.82) is 0 Å². The van der Waals surface area contributed by atoms with Gasteiger partial charge in [0, 0.05) is 33.2 Å². The average molecular weight is 312 g/mol. The molecule has 0 aliphatic carbocycles. The van der Waals surface area contributed by atoms with E-state index in [4.69, 9.17) is 4.42 Å². The van der Waals surface area contributed by atoms with Crippen molar-refractivity contribution in [2.45, 2.75) is 0 Å². The number of carbonyl (C=O) groups is 1. The summed E-state index contributed by atoms with van der Waals surface area (Å²) in [7, 11) is 1.86. The summed E-state index contributed by atoms with van der Waals surface area (Å²) in [6.45, 7) is 2.69. The van der Waals surface area contributed by atoms with Crippen LogP contribution in [0.4, 0.5) is 5.82 Å². The van der Waals surface area contributed by atoms with Crippen molar-refractivity contribution in [3.63, 3.8) is 0 Å². The fourth-order valence-electron chi connectivity index (χ4n) is 2.88. The molecular weight excluding hydrogens is 296 g/mol. The predicted octanol–water partition coefficient (Wildman–Crippen LogP) is 0.919. The third-order valence-corrected chi connectivity index (χ3v) is 4.11. The lowest BCUT2D eigenvalue weighted by Gasteiger charge is -2.35. The second-order valence-corrected chi connectivity index (χ2v) is 5.46. The molecule has 4 rings (SSSR count). The molecule has 0 saturated carbocycles. The number of rotatable bonds is 2. The number of fused-ring (bicyclic) bond motifs is 1. The molecule has 0 atom stereocenters. The largest absolute Gasteiger partial charge is 0.459 e. The summed E-state index contributed by atoms with van der Waals surface area (Å²) in [5.41, 5.74) is 0.809. The van der Waals surface area contributed by atoms with Gasteiger partial charge in [0.2, 0.25) is 0 Å². The van der Waals surface area contributed by atoms with Crippen LogP contribution in [0.5, 0.6) is 0 Å². The number of furan rings is 1. The Kier molecular flexibility index (Phi) is 3.22. The molecule has 8 nitrogen and oxygen atoms in total. The smallest absolute Gasteiger partial charge is 0.289 e.